The molecule has 0 spiro atoms. The van der Waals surface area contributed by atoms with E-state index in [-0.39, 0.29) is 0 Å². The maximum atomic E-state index is 4.77. The highest BCUT2D eigenvalue weighted by molar-refractivity contribution is 14.1. The molecular formula is C15H26IN3S. The first-order valence-electron chi connectivity index (χ1n) is 7.45. The van der Waals surface area contributed by atoms with E-state index < -0.39 is 0 Å². The average Bonchev–Trinajstić information content (AvgIpc) is 2.40. The van der Waals surface area contributed by atoms with Gasteiger partial charge in [-0.15, -0.1) is 0 Å². The molecule has 5 heteroatoms. The summed E-state index contributed by atoms with van der Waals surface area (Å²) in [6.07, 6.45) is 3.33. The van der Waals surface area contributed by atoms with E-state index in [4.69, 9.17) is 9.97 Å². The molecule has 1 N–H and O–H groups in total. The Bertz CT molecular complexity index is 410. The van der Waals surface area contributed by atoms with Gasteiger partial charge in [0.2, 0.25) is 0 Å². The van der Waals surface area contributed by atoms with Crippen molar-refractivity contribution in [1.29, 1.82) is 0 Å². The Hall–Kier alpha value is -0.0400. The summed E-state index contributed by atoms with van der Waals surface area (Å²) in [5.41, 5.74) is 1.20. The largest absolute Gasteiger partial charge is 0.369 e. The van der Waals surface area contributed by atoms with Crippen LogP contribution in [-0.2, 0) is 12.2 Å². The van der Waals surface area contributed by atoms with Crippen LogP contribution in [0.1, 0.15) is 52.1 Å². The number of anilines is 1. The zero-order chi connectivity index (χ0) is 15.0. The number of rotatable bonds is 9. The van der Waals surface area contributed by atoms with Crippen LogP contribution in [0.15, 0.2) is 0 Å². The number of hydrogen-bond donors (Lipinski definition) is 1. The van der Waals surface area contributed by atoms with Crippen molar-refractivity contribution < 1.29 is 0 Å². The van der Waals surface area contributed by atoms with Gasteiger partial charge in [0.15, 0.2) is 0 Å². The SMILES string of the molecule is CCCNc1nc(CSCCC)nc(CC(C)C)c1I. The monoisotopic (exact) mass is 407 g/mol. The summed E-state index contributed by atoms with van der Waals surface area (Å²) in [4.78, 5) is 9.47. The van der Waals surface area contributed by atoms with E-state index in [1.165, 1.54) is 21.4 Å². The molecule has 0 unspecified atom stereocenters. The first kappa shape index (κ1) is 18.0. The van der Waals surface area contributed by atoms with Crippen molar-refractivity contribution >= 4 is 40.2 Å². The second-order valence-corrected chi connectivity index (χ2v) is 7.51. The van der Waals surface area contributed by atoms with E-state index in [0.29, 0.717) is 5.92 Å². The number of nitrogens with zero attached hydrogens (tertiary/aromatic N) is 2. The van der Waals surface area contributed by atoms with E-state index in [1.54, 1.807) is 0 Å². The van der Waals surface area contributed by atoms with Crippen LogP contribution in [0, 0.1) is 9.49 Å². The summed E-state index contributed by atoms with van der Waals surface area (Å²) in [6.45, 7) is 9.83. The first-order chi connectivity index (χ1) is 9.58. The van der Waals surface area contributed by atoms with Crippen LogP contribution in [0.3, 0.4) is 0 Å². The molecule has 0 bridgehead atoms. The molecule has 1 aromatic heterocycles. The standard InChI is InChI=1S/C15H26IN3S/c1-5-7-17-15-14(16)12(9-11(3)4)18-13(19-15)10-20-8-6-2/h11H,5-10H2,1-4H3,(H,17,18,19). The number of aromatic nitrogens is 2. The van der Waals surface area contributed by atoms with Crippen molar-refractivity contribution in [2.45, 2.75) is 52.7 Å². The van der Waals surface area contributed by atoms with Crippen LogP contribution < -0.4 is 5.32 Å². The predicted octanol–water partition coefficient (Wildman–Crippen LogP) is 4.74. The second kappa shape index (κ2) is 9.82. The highest BCUT2D eigenvalue weighted by Crippen LogP contribution is 2.23. The fraction of sp³-hybridized carbons (Fsp3) is 0.733. The third-order valence-corrected chi connectivity index (χ3v) is 4.98. The molecule has 0 aliphatic carbocycles. The van der Waals surface area contributed by atoms with Crippen molar-refractivity contribution in [3.05, 3.63) is 15.1 Å². The van der Waals surface area contributed by atoms with Crippen LogP contribution in [0.2, 0.25) is 0 Å². The smallest absolute Gasteiger partial charge is 0.143 e. The Balaban J connectivity index is 2.92. The van der Waals surface area contributed by atoms with Gasteiger partial charge in [-0.2, -0.15) is 11.8 Å². The Labute approximate surface area is 141 Å². The van der Waals surface area contributed by atoms with Crippen LogP contribution in [0.5, 0.6) is 0 Å². The van der Waals surface area contributed by atoms with Gasteiger partial charge in [0, 0.05) is 6.54 Å². The van der Waals surface area contributed by atoms with Crippen LogP contribution in [-0.4, -0.2) is 22.3 Å². The van der Waals surface area contributed by atoms with Crippen molar-refractivity contribution in [2.24, 2.45) is 5.92 Å². The lowest BCUT2D eigenvalue weighted by atomic mass is 10.1. The van der Waals surface area contributed by atoms with E-state index in [1.807, 2.05) is 11.8 Å². The summed E-state index contributed by atoms with van der Waals surface area (Å²) in [5.74, 6) is 4.69. The van der Waals surface area contributed by atoms with Gasteiger partial charge in [-0.3, -0.25) is 0 Å². The van der Waals surface area contributed by atoms with Crippen LogP contribution in [0.25, 0.3) is 0 Å². The Morgan fingerprint density at radius 1 is 1.20 bits per heavy atom. The molecule has 0 fully saturated rings. The Kier molecular flexibility index (Phi) is 8.84. The fourth-order valence-electron chi connectivity index (χ4n) is 1.80. The van der Waals surface area contributed by atoms with E-state index >= 15 is 0 Å². The number of hydrogen-bond acceptors (Lipinski definition) is 4. The molecule has 0 aliphatic rings. The summed E-state index contributed by atoms with van der Waals surface area (Å²) in [7, 11) is 0. The highest BCUT2D eigenvalue weighted by Gasteiger charge is 2.13. The van der Waals surface area contributed by atoms with Gasteiger partial charge in [-0.1, -0.05) is 27.7 Å². The maximum absolute atomic E-state index is 4.77. The second-order valence-electron chi connectivity index (χ2n) is 5.33. The summed E-state index contributed by atoms with van der Waals surface area (Å²) in [5, 5.41) is 3.44. The van der Waals surface area contributed by atoms with Crippen LogP contribution in [0.4, 0.5) is 5.82 Å². The normalized spacial score (nSPS) is 11.1. The summed E-state index contributed by atoms with van der Waals surface area (Å²) >= 11 is 4.30. The molecule has 0 radical (unpaired) electrons. The topological polar surface area (TPSA) is 37.8 Å². The lowest BCUT2D eigenvalue weighted by molar-refractivity contribution is 0.629. The summed E-state index contributed by atoms with van der Waals surface area (Å²) < 4.78 is 1.19. The van der Waals surface area contributed by atoms with E-state index in [2.05, 4.69) is 55.6 Å². The lowest BCUT2D eigenvalue weighted by Gasteiger charge is -2.14. The Morgan fingerprint density at radius 2 is 1.95 bits per heavy atom. The molecule has 0 saturated carbocycles. The third-order valence-electron chi connectivity index (χ3n) is 2.69. The van der Waals surface area contributed by atoms with E-state index in [0.717, 1.165) is 36.8 Å². The summed E-state index contributed by atoms with van der Waals surface area (Å²) in [6, 6.07) is 0. The van der Waals surface area contributed by atoms with Crippen molar-refractivity contribution in [2.75, 3.05) is 17.6 Å². The molecule has 1 heterocycles. The van der Waals surface area contributed by atoms with Gasteiger partial charge >= 0.3 is 0 Å². The van der Waals surface area contributed by atoms with Gasteiger partial charge in [0.05, 0.1) is 15.0 Å². The highest BCUT2D eigenvalue weighted by atomic mass is 127. The number of nitrogens with one attached hydrogen (secondary N) is 1. The molecule has 1 aromatic rings. The van der Waals surface area contributed by atoms with Crippen molar-refractivity contribution in [3.63, 3.8) is 0 Å². The van der Waals surface area contributed by atoms with Gasteiger partial charge in [-0.25, -0.2) is 9.97 Å². The molecule has 0 aromatic carbocycles. The minimum absolute atomic E-state index is 0.619. The lowest BCUT2D eigenvalue weighted by Crippen LogP contribution is -2.11. The molecule has 0 aliphatic heterocycles. The molecule has 0 amide bonds. The third kappa shape index (κ3) is 6.16. The van der Waals surface area contributed by atoms with Gasteiger partial charge in [0.25, 0.3) is 0 Å². The molecular weight excluding hydrogens is 381 g/mol. The molecule has 20 heavy (non-hydrogen) atoms. The zero-order valence-electron chi connectivity index (χ0n) is 13.0. The van der Waals surface area contributed by atoms with Gasteiger partial charge in [-0.05, 0) is 53.5 Å². The average molecular weight is 407 g/mol. The molecule has 0 saturated heterocycles. The van der Waals surface area contributed by atoms with Gasteiger partial charge in [0.1, 0.15) is 11.6 Å². The zero-order valence-corrected chi connectivity index (χ0v) is 16.0. The maximum Gasteiger partial charge on any atom is 0.143 e. The minimum Gasteiger partial charge on any atom is -0.369 e. The fourth-order valence-corrected chi connectivity index (χ4v) is 3.20. The number of thioether (sulfide) groups is 1. The number of halogens is 1. The quantitative estimate of drug-likeness (QED) is 0.474. The Morgan fingerprint density at radius 3 is 2.55 bits per heavy atom. The van der Waals surface area contributed by atoms with E-state index in [9.17, 15) is 0 Å². The molecule has 1 rings (SSSR count). The van der Waals surface area contributed by atoms with Crippen molar-refractivity contribution in [1.82, 2.24) is 9.97 Å². The molecule has 0 atom stereocenters. The van der Waals surface area contributed by atoms with Gasteiger partial charge < -0.3 is 5.32 Å². The van der Waals surface area contributed by atoms with Crippen molar-refractivity contribution in [3.8, 4) is 0 Å². The predicted molar refractivity (Wildman–Crippen MR) is 98.5 cm³/mol. The van der Waals surface area contributed by atoms with Crippen LogP contribution >= 0.6 is 34.4 Å². The molecule has 114 valence electrons. The minimum atomic E-state index is 0.619. The molecule has 3 nitrogen and oxygen atoms in total. The first-order valence-corrected chi connectivity index (χ1v) is 9.68.